The summed E-state index contributed by atoms with van der Waals surface area (Å²) < 4.78 is 12.9. The molecule has 6 rings (SSSR count). The van der Waals surface area contributed by atoms with Crippen molar-refractivity contribution >= 4 is 64.1 Å². The van der Waals surface area contributed by atoms with Crippen molar-refractivity contribution in [3.63, 3.8) is 0 Å². The van der Waals surface area contributed by atoms with Crippen LogP contribution in [0.15, 0.2) is 46.2 Å². The van der Waals surface area contributed by atoms with Crippen LogP contribution in [0.4, 0.5) is 10.2 Å². The number of rotatable bonds is 2. The van der Waals surface area contributed by atoms with Gasteiger partial charge in [-0.15, -0.1) is 23.5 Å². The van der Waals surface area contributed by atoms with Gasteiger partial charge in [-0.1, -0.05) is 46.9 Å². The highest BCUT2D eigenvalue weighted by Gasteiger charge is 2.30. The number of aromatic nitrogens is 2. The summed E-state index contributed by atoms with van der Waals surface area (Å²) in [6, 6.07) is 10.5. The fourth-order valence-electron chi connectivity index (χ4n) is 3.97. The molecule has 0 amide bonds. The van der Waals surface area contributed by atoms with E-state index >= 15 is 0 Å². The van der Waals surface area contributed by atoms with Gasteiger partial charge >= 0.3 is 0 Å². The summed E-state index contributed by atoms with van der Waals surface area (Å²) in [7, 11) is 0. The molecule has 0 saturated carbocycles. The topological polar surface area (TPSA) is 29.0 Å². The fraction of sp³-hybridized carbons (Fsp3) is 0.304. The Morgan fingerprint density at radius 1 is 0.844 bits per heavy atom. The van der Waals surface area contributed by atoms with Crippen molar-refractivity contribution in [1.29, 1.82) is 0 Å². The average Bonchev–Trinajstić information content (AvgIpc) is 3.38. The smallest absolute Gasteiger partial charge is 0.130 e. The zero-order chi connectivity index (χ0) is 22.2. The molecule has 3 aromatic rings. The summed E-state index contributed by atoms with van der Waals surface area (Å²) in [4.78, 5) is 13.4. The normalized spacial score (nSPS) is 16.8. The molecule has 166 valence electrons. The maximum atomic E-state index is 12.9. The van der Waals surface area contributed by atoms with E-state index < -0.39 is 0 Å². The quantitative estimate of drug-likeness (QED) is 0.330. The maximum absolute atomic E-state index is 12.9. The van der Waals surface area contributed by atoms with E-state index in [-0.39, 0.29) is 5.82 Å². The van der Waals surface area contributed by atoms with Gasteiger partial charge in [0, 0.05) is 59.2 Å². The number of halogens is 4. The van der Waals surface area contributed by atoms with Gasteiger partial charge in [-0.2, -0.15) is 0 Å². The maximum Gasteiger partial charge on any atom is 0.130 e. The molecule has 3 aliphatic heterocycles. The lowest BCUT2D eigenvalue weighted by Gasteiger charge is -2.40. The predicted molar refractivity (Wildman–Crippen MR) is 134 cm³/mol. The van der Waals surface area contributed by atoms with Crippen molar-refractivity contribution in [2.75, 3.05) is 29.5 Å². The molecule has 1 fully saturated rings. The van der Waals surface area contributed by atoms with Crippen LogP contribution < -0.4 is 4.90 Å². The van der Waals surface area contributed by atoms with Crippen LogP contribution in [-0.2, 0) is 12.8 Å². The van der Waals surface area contributed by atoms with Crippen molar-refractivity contribution in [2.45, 2.75) is 28.6 Å². The largest absolute Gasteiger partial charge is 0.355 e. The summed E-state index contributed by atoms with van der Waals surface area (Å²) in [5.74, 6) is 3.39. The van der Waals surface area contributed by atoms with E-state index in [4.69, 9.17) is 39.8 Å². The SMILES string of the molecule is Clc1cc(Cl)c2c(n1)CCS2.Fc1ccc(C2CN(c3cc(Cl)c4c(n3)CCS4)C2)cc1. The predicted octanol–water partition coefficient (Wildman–Crippen LogP) is 7.16. The molecule has 2 aromatic heterocycles. The third-order valence-corrected chi connectivity index (χ3v) is 8.99. The number of pyridine rings is 2. The van der Waals surface area contributed by atoms with E-state index in [1.165, 1.54) is 17.7 Å². The van der Waals surface area contributed by atoms with Gasteiger partial charge in [0.1, 0.15) is 16.8 Å². The Labute approximate surface area is 210 Å². The highest BCUT2D eigenvalue weighted by Crippen LogP contribution is 2.40. The Kier molecular flexibility index (Phi) is 6.77. The van der Waals surface area contributed by atoms with E-state index in [1.807, 2.05) is 18.2 Å². The Morgan fingerprint density at radius 3 is 2.09 bits per heavy atom. The number of thioether (sulfide) groups is 2. The van der Waals surface area contributed by atoms with Crippen molar-refractivity contribution in [1.82, 2.24) is 9.97 Å². The van der Waals surface area contributed by atoms with Gasteiger partial charge in [0.2, 0.25) is 0 Å². The number of hydrogen-bond donors (Lipinski definition) is 0. The summed E-state index contributed by atoms with van der Waals surface area (Å²) in [5.41, 5.74) is 3.37. The average molecular weight is 527 g/mol. The molecule has 5 heterocycles. The Balaban J connectivity index is 0.000000165. The second kappa shape index (κ2) is 9.59. The number of nitrogens with zero attached hydrogens (tertiary/aromatic N) is 3. The van der Waals surface area contributed by atoms with Crippen LogP contribution in [0.5, 0.6) is 0 Å². The van der Waals surface area contributed by atoms with E-state index in [0.717, 1.165) is 74.5 Å². The minimum Gasteiger partial charge on any atom is -0.355 e. The highest BCUT2D eigenvalue weighted by molar-refractivity contribution is 8.00. The van der Waals surface area contributed by atoms with Gasteiger partial charge in [-0.25, -0.2) is 14.4 Å². The number of anilines is 1. The van der Waals surface area contributed by atoms with Crippen molar-refractivity contribution < 1.29 is 4.39 Å². The molecule has 0 aliphatic carbocycles. The van der Waals surface area contributed by atoms with Gasteiger partial charge in [-0.05, 0) is 23.8 Å². The first-order valence-electron chi connectivity index (χ1n) is 10.3. The molecule has 0 spiro atoms. The van der Waals surface area contributed by atoms with Crippen LogP contribution in [0.3, 0.4) is 0 Å². The first-order chi connectivity index (χ1) is 15.5. The molecule has 32 heavy (non-hydrogen) atoms. The molecule has 3 nitrogen and oxygen atoms in total. The lowest BCUT2D eigenvalue weighted by Crippen LogP contribution is -2.45. The summed E-state index contributed by atoms with van der Waals surface area (Å²) in [6.07, 6.45) is 1.99. The second-order valence-corrected chi connectivity index (χ2v) is 11.2. The first kappa shape index (κ1) is 22.6. The molecule has 0 bridgehead atoms. The van der Waals surface area contributed by atoms with Gasteiger partial charge in [0.25, 0.3) is 0 Å². The lowest BCUT2D eigenvalue weighted by atomic mass is 9.91. The zero-order valence-corrected chi connectivity index (χ0v) is 20.9. The van der Waals surface area contributed by atoms with Crippen LogP contribution in [-0.4, -0.2) is 34.6 Å². The lowest BCUT2D eigenvalue weighted by molar-refractivity contribution is 0.517. The Hall–Kier alpha value is -1.18. The molecule has 3 aliphatic rings. The summed E-state index contributed by atoms with van der Waals surface area (Å²) in [6.45, 7) is 1.84. The number of aryl methyl sites for hydroxylation is 2. The minimum absolute atomic E-state index is 0.181. The zero-order valence-electron chi connectivity index (χ0n) is 17.0. The van der Waals surface area contributed by atoms with Crippen LogP contribution >= 0.6 is 58.3 Å². The number of fused-ring (bicyclic) bond motifs is 2. The van der Waals surface area contributed by atoms with Gasteiger partial charge in [0.15, 0.2) is 0 Å². The molecular formula is C23H19Cl3FN3S2. The van der Waals surface area contributed by atoms with E-state index in [0.29, 0.717) is 11.1 Å². The summed E-state index contributed by atoms with van der Waals surface area (Å²) >= 11 is 21.5. The third kappa shape index (κ3) is 4.71. The van der Waals surface area contributed by atoms with Crippen LogP contribution in [0.2, 0.25) is 15.2 Å². The third-order valence-electron chi connectivity index (χ3n) is 5.67. The van der Waals surface area contributed by atoms with Crippen LogP contribution in [0.1, 0.15) is 22.9 Å². The fourth-order valence-corrected chi connectivity index (χ4v) is 7.01. The van der Waals surface area contributed by atoms with Gasteiger partial charge in [-0.3, -0.25) is 0 Å². The molecule has 1 aromatic carbocycles. The molecule has 0 radical (unpaired) electrons. The Morgan fingerprint density at radius 2 is 1.44 bits per heavy atom. The Bertz CT molecular complexity index is 1150. The van der Waals surface area contributed by atoms with E-state index in [9.17, 15) is 4.39 Å². The number of benzene rings is 1. The molecule has 9 heteroatoms. The first-order valence-corrected chi connectivity index (χ1v) is 13.4. The van der Waals surface area contributed by atoms with Gasteiger partial charge in [0.05, 0.1) is 21.4 Å². The van der Waals surface area contributed by atoms with Crippen molar-refractivity contribution in [2.24, 2.45) is 0 Å². The van der Waals surface area contributed by atoms with E-state index in [1.54, 1.807) is 29.6 Å². The van der Waals surface area contributed by atoms with Crippen LogP contribution in [0.25, 0.3) is 0 Å². The van der Waals surface area contributed by atoms with Crippen molar-refractivity contribution in [3.8, 4) is 0 Å². The minimum atomic E-state index is -0.181. The molecule has 0 atom stereocenters. The standard InChI is InChI=1S/C16H14ClFN2S.C7H5Cl2NS/c17-13-7-15(19-14-5-6-21-16(13)14)20-8-11(9-20)10-1-3-12(18)4-2-10;8-4-3-6(9)10-5-1-2-11-7(4)5/h1-4,7,11H,5-6,8-9H2;3H,1-2H2. The monoisotopic (exact) mass is 525 g/mol. The molecular weight excluding hydrogens is 508 g/mol. The van der Waals surface area contributed by atoms with Gasteiger partial charge < -0.3 is 4.90 Å². The molecule has 0 N–H and O–H groups in total. The number of hydrogen-bond acceptors (Lipinski definition) is 5. The molecule has 0 unspecified atom stereocenters. The highest BCUT2D eigenvalue weighted by atomic mass is 35.5. The summed E-state index contributed by atoms with van der Waals surface area (Å²) in [5, 5.41) is 2.06. The van der Waals surface area contributed by atoms with Crippen LogP contribution in [0, 0.1) is 5.82 Å². The van der Waals surface area contributed by atoms with Crippen molar-refractivity contribution in [3.05, 3.63) is 74.4 Å². The van der Waals surface area contributed by atoms with E-state index in [2.05, 4.69) is 9.88 Å². The second-order valence-electron chi connectivity index (χ2n) is 7.79. The molecule has 1 saturated heterocycles.